The van der Waals surface area contributed by atoms with Crippen molar-refractivity contribution >= 4 is 31.3 Å². The lowest BCUT2D eigenvalue weighted by molar-refractivity contribution is -0.434. The van der Waals surface area contributed by atoms with Crippen molar-refractivity contribution in [3.8, 4) is 0 Å². The predicted octanol–water partition coefficient (Wildman–Crippen LogP) is -8.99. The van der Waals surface area contributed by atoms with Crippen molar-refractivity contribution in [3.63, 3.8) is 0 Å². The molecule has 0 unspecified atom stereocenters. The first-order valence-electron chi connectivity index (χ1n) is 2.92. The number of phosphoric acid groups is 4. The van der Waals surface area contributed by atoms with Crippen LogP contribution in [0, 0.1) is 0 Å². The average molecular weight is 364 g/mol. The number of hydrogen-bond acceptors (Lipinski definition) is 15. The van der Waals surface area contributed by atoms with E-state index in [0.29, 0.717) is 0 Å². The lowest BCUT2D eigenvalue weighted by Crippen LogP contribution is -2.24. The van der Waals surface area contributed by atoms with E-state index in [-0.39, 0.29) is 0 Å². The summed E-state index contributed by atoms with van der Waals surface area (Å²) in [6.45, 7) is 0. The van der Waals surface area contributed by atoms with Gasteiger partial charge in [-0.1, -0.05) is 0 Å². The van der Waals surface area contributed by atoms with E-state index in [0.717, 1.165) is 0 Å². The highest BCUT2D eigenvalue weighted by Crippen LogP contribution is 2.42. The summed E-state index contributed by atoms with van der Waals surface area (Å²) in [6.07, 6.45) is 0. The van der Waals surface area contributed by atoms with Crippen LogP contribution < -0.4 is 48.9 Å². The van der Waals surface area contributed by atoms with Gasteiger partial charge in [0.05, 0.1) is 15.6 Å². The van der Waals surface area contributed by atoms with Gasteiger partial charge in [-0.3, -0.25) is 0 Å². The maximum atomic E-state index is 9.32. The zero-order valence-corrected chi connectivity index (χ0v) is 11.5. The zero-order valence-electron chi connectivity index (χ0n) is 7.91. The molecule has 0 aliphatic heterocycles. The molecule has 0 aliphatic rings. The summed E-state index contributed by atoms with van der Waals surface area (Å²) in [4.78, 5) is 88.6. The Bertz CT molecular complexity index is 349. The molecule has 0 heterocycles. The summed E-state index contributed by atoms with van der Waals surface area (Å²) >= 11 is 0. The molecule has 0 rings (SSSR count). The van der Waals surface area contributed by atoms with Gasteiger partial charge in [-0.2, -0.15) is 15.6 Å². The normalized spacial score (nSPS) is 12.7. The molecule has 0 atom stereocenters. The van der Waals surface area contributed by atoms with Crippen molar-refractivity contribution in [2.24, 2.45) is 0 Å². The minimum absolute atomic E-state index is 2.51. The van der Waals surface area contributed by atoms with Crippen LogP contribution >= 0.6 is 31.3 Å². The summed E-state index contributed by atoms with van der Waals surface area (Å²) in [5.74, 6) is 0. The highest BCUT2D eigenvalue weighted by molar-refractivity contribution is 7.57. The maximum absolute atomic E-state index is 9.32. The summed E-state index contributed by atoms with van der Waals surface area (Å²) in [6, 6.07) is 0. The summed E-state index contributed by atoms with van der Waals surface area (Å²) < 4.78 is 38.3. The topological polar surface area (TPSA) is 308 Å². The molecule has 0 saturated heterocycles. The van der Waals surface area contributed by atoms with Gasteiger partial charge in [-0.15, -0.1) is 0 Å². The first-order valence-corrected chi connectivity index (χ1v) is 8.76. The van der Waals surface area contributed by atoms with Crippen LogP contribution in [0.4, 0.5) is 0 Å². The minimum Gasteiger partial charge on any atom is -0.822 e. The van der Waals surface area contributed by atoms with Crippen LogP contribution in [0.1, 0.15) is 0 Å². The van der Waals surface area contributed by atoms with Crippen molar-refractivity contribution in [2.75, 3.05) is 0 Å². The van der Waals surface area contributed by atoms with E-state index in [9.17, 15) is 28.7 Å². The molecule has 0 amide bonds. The molecule has 120 valence electrons. The van der Waals surface area contributed by atoms with E-state index in [1.165, 1.54) is 0 Å². The molecule has 19 heavy (non-hydrogen) atoms. The van der Waals surface area contributed by atoms with E-state index in [1.54, 1.807) is 0 Å². The van der Waals surface area contributed by atoms with Crippen LogP contribution in [0.5, 0.6) is 0 Å². The largest absolute Gasteiger partial charge is 0.822 e. The Kier molecular flexibility index (Phi) is 11.2. The molecular weight excluding hydrogens is 364 g/mol. The van der Waals surface area contributed by atoms with Crippen LogP contribution in [0.25, 0.3) is 0 Å². The Balaban J connectivity index is -0.000000219. The van der Waals surface area contributed by atoms with Crippen molar-refractivity contribution < 1.29 is 71.5 Å². The molecule has 0 aliphatic carbocycles. The predicted molar refractivity (Wildman–Crippen MR) is 31.5 cm³/mol. The van der Waals surface area contributed by atoms with Crippen LogP contribution in [0.3, 0.4) is 0 Å². The molecule has 0 fully saturated rings. The van der Waals surface area contributed by atoms with Gasteiger partial charge in [0.1, 0.15) is 0 Å². The lowest BCUT2D eigenvalue weighted by atomic mass is 15.7. The molecule has 0 aromatic rings. The smallest absolute Gasteiger partial charge is 0.0655 e. The molecule has 0 N–H and O–H groups in total. The molecule has 0 aromatic heterocycles. The first-order chi connectivity index (χ1) is 7.71. The third-order valence-electron chi connectivity index (χ3n) is 0.200. The molecule has 0 radical (unpaired) electrons. The molecule has 15 nitrogen and oxygen atoms in total. The van der Waals surface area contributed by atoms with E-state index < -0.39 is 31.3 Å². The fourth-order valence-corrected chi connectivity index (χ4v) is 1.10. The third-order valence-corrected chi connectivity index (χ3v) is 1.80. The summed E-state index contributed by atoms with van der Waals surface area (Å²) in [5, 5.41) is 0. The van der Waals surface area contributed by atoms with Gasteiger partial charge < -0.3 is 71.5 Å². The average Bonchev–Trinajstić information content (AvgIpc) is 1.63. The molecule has 0 aromatic carbocycles. The second-order valence-corrected chi connectivity index (χ2v) is 6.10. The monoisotopic (exact) mass is 364 g/mol. The van der Waals surface area contributed by atoms with Gasteiger partial charge in [-0.25, -0.2) is 0 Å². The maximum Gasteiger partial charge on any atom is 0.0655 e. The quantitative estimate of drug-likeness (QED) is 0.410. The third kappa shape index (κ3) is 120. The summed E-state index contributed by atoms with van der Waals surface area (Å²) in [7, 11) is -22.1. The fraction of sp³-hybridized carbons (Fsp3) is 0. The van der Waals surface area contributed by atoms with E-state index in [1.807, 2.05) is 0 Å². The van der Waals surface area contributed by atoms with Crippen molar-refractivity contribution in [1.82, 2.24) is 0 Å². The molecular formula is O15P4-10. The molecule has 19 heteroatoms. The standard InChI is InChI=1S/H4O7P2.2H3O4P/c1-8(2,3)7-9(4,5)6;2*1-5(2,3)4/h(H2,1,2,3)(H2,4,5,6);2*(H3,1,2,3,4)/p-10. The highest BCUT2D eigenvalue weighted by Gasteiger charge is 1.92. The Morgan fingerprint density at radius 1 is 0.474 bits per heavy atom. The van der Waals surface area contributed by atoms with Gasteiger partial charge >= 0.3 is 0 Å². The SMILES string of the molecule is O=P([O-])([O-])OP(=O)([O-])[O-].O=P([O-])([O-])[O-].O=P([O-])([O-])[O-]. The Hall–Kier alpha value is 0.480. The van der Waals surface area contributed by atoms with Gasteiger partial charge in [0.25, 0.3) is 0 Å². The number of rotatable bonds is 2. The Morgan fingerprint density at radius 2 is 0.579 bits per heavy atom. The van der Waals surface area contributed by atoms with E-state index >= 15 is 0 Å². The van der Waals surface area contributed by atoms with Crippen molar-refractivity contribution in [2.45, 2.75) is 0 Å². The van der Waals surface area contributed by atoms with Crippen molar-refractivity contribution in [3.05, 3.63) is 0 Å². The second-order valence-electron chi connectivity index (χ2n) is 1.87. The van der Waals surface area contributed by atoms with Gasteiger partial charge in [0.15, 0.2) is 0 Å². The fourth-order valence-electron chi connectivity index (χ4n) is 0.122. The second kappa shape index (κ2) is 8.70. The molecule has 0 spiro atoms. The van der Waals surface area contributed by atoms with Gasteiger partial charge in [0.2, 0.25) is 0 Å². The Labute approximate surface area is 104 Å². The highest BCUT2D eigenvalue weighted by atomic mass is 31.3. The van der Waals surface area contributed by atoms with Gasteiger partial charge in [-0.05, 0) is 0 Å². The molecule has 0 bridgehead atoms. The van der Waals surface area contributed by atoms with Crippen molar-refractivity contribution in [1.29, 1.82) is 0 Å². The van der Waals surface area contributed by atoms with E-state index in [4.69, 9.17) is 38.5 Å². The minimum atomic E-state index is -5.68. The van der Waals surface area contributed by atoms with Gasteiger partial charge in [0, 0.05) is 0 Å². The Morgan fingerprint density at radius 3 is 0.579 bits per heavy atom. The van der Waals surface area contributed by atoms with E-state index in [2.05, 4.69) is 4.31 Å². The number of hydrogen-bond donors (Lipinski definition) is 0. The summed E-state index contributed by atoms with van der Waals surface area (Å²) in [5.41, 5.74) is 0. The molecule has 0 saturated carbocycles. The van der Waals surface area contributed by atoms with Crippen LogP contribution in [-0.2, 0) is 22.6 Å². The lowest BCUT2D eigenvalue weighted by Gasteiger charge is -2.39. The van der Waals surface area contributed by atoms with Crippen LogP contribution in [0.15, 0.2) is 0 Å². The van der Waals surface area contributed by atoms with Crippen LogP contribution in [0.2, 0.25) is 0 Å². The zero-order chi connectivity index (χ0) is 16.7. The first kappa shape index (κ1) is 24.5. The van der Waals surface area contributed by atoms with Crippen LogP contribution in [-0.4, -0.2) is 0 Å².